The van der Waals surface area contributed by atoms with Gasteiger partial charge in [-0.15, -0.1) is 0 Å². The van der Waals surface area contributed by atoms with Crippen molar-refractivity contribution in [1.29, 1.82) is 0 Å². The molecule has 160 valence electrons. The van der Waals surface area contributed by atoms with Gasteiger partial charge in [-0.3, -0.25) is 13.8 Å². The normalized spacial score (nSPS) is 52.4. The van der Waals surface area contributed by atoms with E-state index in [1.807, 2.05) is 0 Å². The van der Waals surface area contributed by atoms with E-state index in [0.717, 1.165) is 44.1 Å². The minimum absolute atomic E-state index is 0.0777. The van der Waals surface area contributed by atoms with E-state index in [-0.39, 0.29) is 45.3 Å². The van der Waals surface area contributed by atoms with Gasteiger partial charge in [-0.2, -0.15) is 0 Å². The summed E-state index contributed by atoms with van der Waals surface area (Å²) in [6.07, 6.45) is 8.90. The Morgan fingerprint density at radius 3 is 2.45 bits per heavy atom. The van der Waals surface area contributed by atoms with Gasteiger partial charge in [-0.25, -0.2) is 0 Å². The lowest BCUT2D eigenvalue weighted by Crippen LogP contribution is -2.62. The lowest BCUT2D eigenvalue weighted by Gasteiger charge is -2.61. The van der Waals surface area contributed by atoms with Crippen molar-refractivity contribution in [3.8, 4) is 0 Å². The minimum Gasteiger partial charge on any atom is -0.458 e. The van der Waals surface area contributed by atoms with Gasteiger partial charge < -0.3 is 9.84 Å². The molecule has 1 N–H and O–H groups in total. The second kappa shape index (κ2) is 6.25. The first-order valence-electron chi connectivity index (χ1n) is 11.1. The third-order valence-corrected chi connectivity index (χ3v) is 11.1. The predicted molar refractivity (Wildman–Crippen MR) is 109 cm³/mol. The number of carbonyl (C=O) groups is 2. The van der Waals surface area contributed by atoms with E-state index in [1.54, 1.807) is 12.3 Å². The maximum Gasteiger partial charge on any atom is 0.306 e. The summed E-state index contributed by atoms with van der Waals surface area (Å²) in [6.45, 7) is 4.49. The highest BCUT2D eigenvalue weighted by atomic mass is 32.2. The van der Waals surface area contributed by atoms with Crippen molar-refractivity contribution in [1.82, 2.24) is 0 Å². The second-order valence-corrected chi connectivity index (χ2v) is 12.2. The summed E-state index contributed by atoms with van der Waals surface area (Å²) in [7, 11) is -1.20. The molecule has 0 radical (unpaired) electrons. The molecule has 6 heteroatoms. The number of hydrogen-bond donors (Lipinski definition) is 1. The van der Waals surface area contributed by atoms with Crippen LogP contribution < -0.4 is 0 Å². The van der Waals surface area contributed by atoms with Gasteiger partial charge in [-0.1, -0.05) is 13.8 Å². The van der Waals surface area contributed by atoms with Crippen LogP contribution in [-0.2, 0) is 25.1 Å². The van der Waals surface area contributed by atoms with E-state index in [0.29, 0.717) is 18.8 Å². The Balaban J connectivity index is 1.61. The fourth-order valence-corrected chi connectivity index (χ4v) is 9.57. The Hall–Kier alpha value is -1.01. The topological polar surface area (TPSA) is 80.7 Å². The number of hydrogen-bond acceptors (Lipinski definition) is 5. The maximum absolute atomic E-state index is 12.9. The molecule has 1 unspecified atom stereocenters. The molecule has 1 spiro atoms. The van der Waals surface area contributed by atoms with Crippen molar-refractivity contribution in [3.05, 3.63) is 11.6 Å². The zero-order valence-corrected chi connectivity index (χ0v) is 18.4. The smallest absolute Gasteiger partial charge is 0.306 e. The lowest BCUT2D eigenvalue weighted by molar-refractivity contribution is -0.169. The highest BCUT2D eigenvalue weighted by Gasteiger charge is 2.69. The number of fused-ring (bicyclic) bond motifs is 6. The van der Waals surface area contributed by atoms with Gasteiger partial charge in [0.2, 0.25) is 0 Å². The van der Waals surface area contributed by atoms with Crippen molar-refractivity contribution in [2.75, 3.05) is 6.26 Å². The molecule has 0 bridgehead atoms. The third kappa shape index (κ3) is 2.45. The van der Waals surface area contributed by atoms with Crippen molar-refractivity contribution in [3.63, 3.8) is 0 Å². The zero-order chi connectivity index (χ0) is 20.8. The average Bonchev–Trinajstić information content (AvgIpc) is 3.17. The molecule has 0 amide bonds. The number of ketones is 1. The monoisotopic (exact) mass is 420 g/mol. The molecule has 0 aromatic heterocycles. The van der Waals surface area contributed by atoms with Crippen LogP contribution in [0.25, 0.3) is 0 Å². The van der Waals surface area contributed by atoms with Crippen LogP contribution in [0.2, 0.25) is 0 Å². The summed E-state index contributed by atoms with van der Waals surface area (Å²) < 4.78 is 18.9. The van der Waals surface area contributed by atoms with Crippen molar-refractivity contribution in [2.45, 2.75) is 82.2 Å². The molecule has 9 atom stereocenters. The van der Waals surface area contributed by atoms with Gasteiger partial charge in [-0.05, 0) is 73.3 Å². The van der Waals surface area contributed by atoms with Gasteiger partial charge in [0.15, 0.2) is 5.78 Å². The van der Waals surface area contributed by atoms with Gasteiger partial charge in [0.25, 0.3) is 0 Å². The summed E-state index contributed by atoms with van der Waals surface area (Å²) in [6, 6.07) is 0. The van der Waals surface area contributed by atoms with Gasteiger partial charge >= 0.3 is 5.97 Å². The van der Waals surface area contributed by atoms with Crippen LogP contribution in [0.15, 0.2) is 11.6 Å². The number of aliphatic hydroxyl groups is 1. The van der Waals surface area contributed by atoms with Crippen molar-refractivity contribution < 1.29 is 23.6 Å². The molecule has 29 heavy (non-hydrogen) atoms. The van der Waals surface area contributed by atoms with Crippen LogP contribution in [0.5, 0.6) is 0 Å². The second-order valence-electron chi connectivity index (χ2n) is 10.6. The molecule has 3 saturated carbocycles. The van der Waals surface area contributed by atoms with E-state index in [9.17, 15) is 18.9 Å². The van der Waals surface area contributed by atoms with E-state index < -0.39 is 16.9 Å². The van der Waals surface area contributed by atoms with E-state index >= 15 is 0 Å². The van der Waals surface area contributed by atoms with Crippen molar-refractivity contribution >= 4 is 22.6 Å². The predicted octanol–water partition coefficient (Wildman–Crippen LogP) is 2.92. The van der Waals surface area contributed by atoms with E-state index in [2.05, 4.69) is 13.8 Å². The van der Waals surface area contributed by atoms with Gasteiger partial charge in [0.05, 0.1) is 11.4 Å². The van der Waals surface area contributed by atoms with Crippen LogP contribution in [-0.4, -0.2) is 44.3 Å². The maximum atomic E-state index is 12.9. The van der Waals surface area contributed by atoms with Crippen LogP contribution in [0.1, 0.15) is 65.2 Å². The summed E-state index contributed by atoms with van der Waals surface area (Å²) in [5.41, 5.74) is 0.0971. The first-order valence-corrected chi connectivity index (χ1v) is 12.7. The SMILES string of the molecule is CS(=O)[C@H]1[C@@H]2[C@H](CC[C@@]3(C)[C@H]2CC[C@@]32CCC(=O)O2)[C@@]2(C)CCC(=O)C=C2[C@@H]1O. The molecule has 1 heterocycles. The zero-order valence-electron chi connectivity index (χ0n) is 17.6. The molecule has 5 nitrogen and oxygen atoms in total. The highest BCUT2D eigenvalue weighted by Crippen LogP contribution is 2.70. The van der Waals surface area contributed by atoms with Gasteiger partial charge in [0, 0.05) is 35.3 Å². The molecule has 5 aliphatic rings. The highest BCUT2D eigenvalue weighted by molar-refractivity contribution is 7.85. The van der Waals surface area contributed by atoms with Gasteiger partial charge in [0.1, 0.15) is 5.60 Å². The summed E-state index contributed by atoms with van der Waals surface area (Å²) >= 11 is 0. The van der Waals surface area contributed by atoms with E-state index in [1.165, 1.54) is 0 Å². The molecular formula is C23H32O5S. The molecule has 5 rings (SSSR count). The van der Waals surface area contributed by atoms with Crippen molar-refractivity contribution in [2.24, 2.45) is 28.6 Å². The van der Waals surface area contributed by atoms with Crippen LogP contribution in [0, 0.1) is 28.6 Å². The molecule has 4 fully saturated rings. The van der Waals surface area contributed by atoms with Crippen LogP contribution >= 0.6 is 0 Å². The minimum atomic E-state index is -1.20. The quantitative estimate of drug-likeness (QED) is 0.660. The Kier molecular flexibility index (Phi) is 4.30. The number of aliphatic hydroxyl groups excluding tert-OH is 1. The number of rotatable bonds is 1. The number of carbonyl (C=O) groups excluding carboxylic acids is 2. The standard InChI is InChI=1S/C23H32O5S/c1-21-8-4-13(24)12-16(21)19(26)20(29(3)27)18-14(21)5-9-22(2)15(18)6-10-23(22)11-7-17(25)28-23/h12,14-15,18-20,26H,4-11H2,1-3H3/t14-,15-,18+,19-,20-,21+,22-,23+,29?/m0/s1. The fraction of sp³-hybridized carbons (Fsp3) is 0.826. The molecular weight excluding hydrogens is 388 g/mol. The fourth-order valence-electron chi connectivity index (χ4n) is 8.24. The lowest BCUT2D eigenvalue weighted by atomic mass is 9.45. The summed E-state index contributed by atoms with van der Waals surface area (Å²) in [5, 5.41) is 11.0. The Morgan fingerprint density at radius 2 is 1.79 bits per heavy atom. The number of ether oxygens (including phenoxy) is 1. The van der Waals surface area contributed by atoms with E-state index in [4.69, 9.17) is 4.74 Å². The molecule has 1 aliphatic heterocycles. The molecule has 0 aromatic rings. The molecule has 1 saturated heterocycles. The average molecular weight is 421 g/mol. The third-order valence-electron chi connectivity index (χ3n) is 9.74. The largest absolute Gasteiger partial charge is 0.458 e. The Morgan fingerprint density at radius 1 is 1.07 bits per heavy atom. The number of esters is 1. The molecule has 4 aliphatic carbocycles. The first kappa shape index (κ1) is 19.9. The molecule has 0 aromatic carbocycles. The Bertz CT molecular complexity index is 835. The first-order chi connectivity index (χ1) is 13.6. The summed E-state index contributed by atoms with van der Waals surface area (Å²) in [5.74, 6) is 0.713. The summed E-state index contributed by atoms with van der Waals surface area (Å²) in [4.78, 5) is 24.2. The Labute approximate surface area is 175 Å². The van der Waals surface area contributed by atoms with Crippen LogP contribution in [0.4, 0.5) is 0 Å². The van der Waals surface area contributed by atoms with Crippen LogP contribution in [0.3, 0.4) is 0 Å².